The number of nitrogens with zero attached hydrogens (tertiary/aromatic N) is 1. The molecule has 0 spiro atoms. The second-order valence-electron chi connectivity index (χ2n) is 5.42. The molecule has 0 bridgehead atoms. The Hall–Kier alpha value is -0.450. The second kappa shape index (κ2) is 6.82. The molecule has 0 radical (unpaired) electrons. The largest absolute Gasteiger partial charge is 0.311 e. The Morgan fingerprint density at radius 2 is 2.26 bits per heavy atom. The Kier molecular flexibility index (Phi) is 5.37. The van der Waals surface area contributed by atoms with Crippen molar-refractivity contribution >= 4 is 15.9 Å². The molecule has 1 aliphatic rings. The normalized spacial score (nSPS) is 24.6. The predicted octanol–water partition coefficient (Wildman–Crippen LogP) is 3.55. The SMILES string of the molecule is CCCC1CN(Cc2ccc(F)c(Br)c2)C(C)CN1. The average molecular weight is 329 g/mol. The highest BCUT2D eigenvalue weighted by Crippen LogP contribution is 2.20. The van der Waals surface area contributed by atoms with Crippen molar-refractivity contribution in [1.29, 1.82) is 0 Å². The minimum absolute atomic E-state index is 0.194. The maximum Gasteiger partial charge on any atom is 0.137 e. The van der Waals surface area contributed by atoms with Gasteiger partial charge >= 0.3 is 0 Å². The summed E-state index contributed by atoms with van der Waals surface area (Å²) in [5.74, 6) is -0.194. The van der Waals surface area contributed by atoms with Gasteiger partial charge in [-0.1, -0.05) is 19.4 Å². The van der Waals surface area contributed by atoms with E-state index in [0.717, 1.165) is 25.2 Å². The third-order valence-corrected chi connectivity index (χ3v) is 4.39. The van der Waals surface area contributed by atoms with Gasteiger partial charge in [0.05, 0.1) is 4.47 Å². The van der Waals surface area contributed by atoms with Crippen LogP contribution in [0.5, 0.6) is 0 Å². The van der Waals surface area contributed by atoms with Gasteiger partial charge in [0.1, 0.15) is 5.82 Å². The summed E-state index contributed by atoms with van der Waals surface area (Å²) in [5.41, 5.74) is 1.16. The molecule has 1 aromatic carbocycles. The van der Waals surface area contributed by atoms with Crippen molar-refractivity contribution in [3.63, 3.8) is 0 Å². The summed E-state index contributed by atoms with van der Waals surface area (Å²) in [6.45, 7) is 7.47. The van der Waals surface area contributed by atoms with Crippen molar-refractivity contribution in [3.8, 4) is 0 Å². The van der Waals surface area contributed by atoms with Gasteiger partial charge in [0.25, 0.3) is 0 Å². The molecule has 2 unspecified atom stereocenters. The van der Waals surface area contributed by atoms with Crippen molar-refractivity contribution in [2.75, 3.05) is 13.1 Å². The van der Waals surface area contributed by atoms with Gasteiger partial charge in [-0.15, -0.1) is 0 Å². The van der Waals surface area contributed by atoms with Gasteiger partial charge in [0, 0.05) is 31.7 Å². The number of benzene rings is 1. The van der Waals surface area contributed by atoms with Gasteiger partial charge < -0.3 is 5.32 Å². The average Bonchev–Trinajstić information content (AvgIpc) is 2.38. The van der Waals surface area contributed by atoms with Crippen LogP contribution in [0, 0.1) is 5.82 Å². The molecule has 2 nitrogen and oxygen atoms in total. The predicted molar refractivity (Wildman–Crippen MR) is 80.7 cm³/mol. The molecule has 1 fully saturated rings. The Labute approximate surface area is 123 Å². The topological polar surface area (TPSA) is 15.3 Å². The Balaban J connectivity index is 2.01. The quantitative estimate of drug-likeness (QED) is 0.909. The zero-order chi connectivity index (χ0) is 13.8. The number of rotatable bonds is 4. The lowest BCUT2D eigenvalue weighted by Gasteiger charge is -2.39. The first-order valence-electron chi connectivity index (χ1n) is 7.01. The van der Waals surface area contributed by atoms with Gasteiger partial charge in [-0.2, -0.15) is 0 Å². The molecule has 1 saturated heterocycles. The fourth-order valence-electron chi connectivity index (χ4n) is 2.63. The van der Waals surface area contributed by atoms with E-state index in [0.29, 0.717) is 16.6 Å². The minimum atomic E-state index is -0.194. The van der Waals surface area contributed by atoms with E-state index in [1.807, 2.05) is 12.1 Å². The fourth-order valence-corrected chi connectivity index (χ4v) is 3.05. The number of hydrogen-bond acceptors (Lipinski definition) is 2. The summed E-state index contributed by atoms with van der Waals surface area (Å²) in [6.07, 6.45) is 2.43. The van der Waals surface area contributed by atoms with Crippen LogP contribution in [0.2, 0.25) is 0 Å². The molecule has 1 N–H and O–H groups in total. The van der Waals surface area contributed by atoms with Crippen LogP contribution >= 0.6 is 15.9 Å². The maximum absolute atomic E-state index is 13.2. The molecule has 2 rings (SSSR count). The van der Waals surface area contributed by atoms with Crippen LogP contribution in [0.15, 0.2) is 22.7 Å². The highest BCUT2D eigenvalue weighted by Gasteiger charge is 2.24. The first-order valence-corrected chi connectivity index (χ1v) is 7.80. The molecule has 0 amide bonds. The molecular weight excluding hydrogens is 307 g/mol. The van der Waals surface area contributed by atoms with Gasteiger partial charge in [-0.05, 0) is 47.0 Å². The van der Waals surface area contributed by atoms with Crippen LogP contribution in [0.1, 0.15) is 32.3 Å². The lowest BCUT2D eigenvalue weighted by Crippen LogP contribution is -2.54. The van der Waals surface area contributed by atoms with E-state index in [2.05, 4.69) is 40.0 Å². The third kappa shape index (κ3) is 4.01. The van der Waals surface area contributed by atoms with Crippen molar-refractivity contribution in [2.45, 2.75) is 45.3 Å². The second-order valence-corrected chi connectivity index (χ2v) is 6.28. The van der Waals surface area contributed by atoms with Crippen molar-refractivity contribution in [3.05, 3.63) is 34.1 Å². The van der Waals surface area contributed by atoms with Crippen LogP contribution in [0.3, 0.4) is 0 Å². The Morgan fingerprint density at radius 3 is 2.95 bits per heavy atom. The molecule has 1 heterocycles. The van der Waals surface area contributed by atoms with Crippen molar-refractivity contribution < 1.29 is 4.39 Å². The summed E-state index contributed by atoms with van der Waals surface area (Å²) >= 11 is 3.26. The van der Waals surface area contributed by atoms with Gasteiger partial charge in [0.2, 0.25) is 0 Å². The summed E-state index contributed by atoms with van der Waals surface area (Å²) in [7, 11) is 0. The molecule has 1 aromatic rings. The monoisotopic (exact) mass is 328 g/mol. The third-order valence-electron chi connectivity index (χ3n) is 3.79. The van der Waals surface area contributed by atoms with Crippen LogP contribution < -0.4 is 5.32 Å². The molecule has 0 saturated carbocycles. The standard InChI is InChI=1S/C15H22BrFN2/c1-3-4-13-10-19(11(2)8-18-13)9-12-5-6-15(17)14(16)7-12/h5-7,11,13,18H,3-4,8-10H2,1-2H3. The van der Waals surface area contributed by atoms with Gasteiger partial charge in [0.15, 0.2) is 0 Å². The highest BCUT2D eigenvalue weighted by atomic mass is 79.9. The lowest BCUT2D eigenvalue weighted by molar-refractivity contribution is 0.129. The van der Waals surface area contributed by atoms with Gasteiger partial charge in [-0.25, -0.2) is 4.39 Å². The van der Waals surface area contributed by atoms with Crippen LogP contribution in [-0.4, -0.2) is 30.1 Å². The smallest absolute Gasteiger partial charge is 0.137 e. The molecule has 0 aromatic heterocycles. The molecule has 19 heavy (non-hydrogen) atoms. The van der Waals surface area contributed by atoms with E-state index >= 15 is 0 Å². The van der Waals surface area contributed by atoms with Crippen LogP contribution in [0.4, 0.5) is 4.39 Å². The van der Waals surface area contributed by atoms with Crippen LogP contribution in [0.25, 0.3) is 0 Å². The Morgan fingerprint density at radius 1 is 1.47 bits per heavy atom. The fraction of sp³-hybridized carbons (Fsp3) is 0.600. The summed E-state index contributed by atoms with van der Waals surface area (Å²) in [6, 6.07) is 6.42. The van der Waals surface area contributed by atoms with E-state index in [4.69, 9.17) is 0 Å². The molecule has 0 aliphatic carbocycles. The molecule has 4 heteroatoms. The van der Waals surface area contributed by atoms with E-state index in [-0.39, 0.29) is 5.82 Å². The lowest BCUT2D eigenvalue weighted by atomic mass is 10.0. The summed E-state index contributed by atoms with van der Waals surface area (Å²) in [5, 5.41) is 3.60. The maximum atomic E-state index is 13.2. The summed E-state index contributed by atoms with van der Waals surface area (Å²) < 4.78 is 13.8. The van der Waals surface area contributed by atoms with E-state index in [1.165, 1.54) is 18.9 Å². The van der Waals surface area contributed by atoms with Gasteiger partial charge in [-0.3, -0.25) is 4.90 Å². The van der Waals surface area contributed by atoms with Crippen molar-refractivity contribution in [1.82, 2.24) is 10.2 Å². The molecule has 106 valence electrons. The first kappa shape index (κ1) is 14.9. The van der Waals surface area contributed by atoms with Crippen molar-refractivity contribution in [2.24, 2.45) is 0 Å². The number of hydrogen-bond donors (Lipinski definition) is 1. The first-order chi connectivity index (χ1) is 9.10. The number of halogens is 2. The van der Waals surface area contributed by atoms with E-state index in [9.17, 15) is 4.39 Å². The number of nitrogens with one attached hydrogen (secondary N) is 1. The summed E-state index contributed by atoms with van der Waals surface area (Å²) in [4.78, 5) is 2.48. The number of piperazine rings is 1. The van der Waals surface area contributed by atoms with E-state index < -0.39 is 0 Å². The highest BCUT2D eigenvalue weighted by molar-refractivity contribution is 9.10. The van der Waals surface area contributed by atoms with E-state index in [1.54, 1.807) is 0 Å². The Bertz CT molecular complexity index is 425. The zero-order valence-electron chi connectivity index (χ0n) is 11.6. The molecular formula is C15H22BrFN2. The zero-order valence-corrected chi connectivity index (χ0v) is 13.2. The molecule has 1 aliphatic heterocycles. The van der Waals surface area contributed by atoms with Crippen LogP contribution in [-0.2, 0) is 6.54 Å². The molecule has 2 atom stereocenters. The minimum Gasteiger partial charge on any atom is -0.311 e.